The normalized spacial score (nSPS) is 22.1. The molecular weight excluding hydrogens is 260 g/mol. The van der Waals surface area contributed by atoms with Crippen LogP contribution < -0.4 is 0 Å². The summed E-state index contributed by atoms with van der Waals surface area (Å²) in [5, 5.41) is 9.35. The molecule has 1 aliphatic rings. The maximum absolute atomic E-state index is 12.5. The molecule has 1 aliphatic heterocycles. The van der Waals surface area contributed by atoms with Crippen molar-refractivity contribution in [1.82, 2.24) is 9.80 Å². The first-order valence-electron chi connectivity index (χ1n) is 6.65. The Kier molecular flexibility index (Phi) is 3.74. The number of aryl methyl sites for hydroxylation is 1. The van der Waals surface area contributed by atoms with Crippen LogP contribution in [0.15, 0.2) is 16.7 Å². The third-order valence-corrected chi connectivity index (χ3v) is 4.03. The van der Waals surface area contributed by atoms with Gasteiger partial charge in [0, 0.05) is 19.2 Å². The van der Waals surface area contributed by atoms with E-state index in [4.69, 9.17) is 4.42 Å². The highest BCUT2D eigenvalue weighted by molar-refractivity contribution is 5.86. The number of nitrogens with zero attached hydrogens (tertiary/aromatic N) is 2. The van der Waals surface area contributed by atoms with Gasteiger partial charge in [-0.1, -0.05) is 0 Å². The van der Waals surface area contributed by atoms with Crippen LogP contribution in [-0.4, -0.2) is 46.0 Å². The lowest BCUT2D eigenvalue weighted by molar-refractivity contribution is -0.147. The Morgan fingerprint density at radius 3 is 2.80 bits per heavy atom. The molecule has 6 nitrogen and oxygen atoms in total. The van der Waals surface area contributed by atoms with Crippen molar-refractivity contribution in [3.05, 3.63) is 23.7 Å². The largest absolute Gasteiger partial charge is 0.480 e. The Balaban J connectivity index is 2.11. The molecule has 0 aliphatic carbocycles. The van der Waals surface area contributed by atoms with E-state index in [0.29, 0.717) is 25.9 Å². The maximum Gasteiger partial charge on any atom is 0.329 e. The van der Waals surface area contributed by atoms with Crippen LogP contribution in [-0.2, 0) is 11.3 Å². The van der Waals surface area contributed by atoms with E-state index in [1.165, 1.54) is 9.80 Å². The number of aliphatic carboxylic acids is 1. The molecule has 0 saturated carbocycles. The number of rotatable bonds is 3. The Bertz CT molecular complexity index is 525. The van der Waals surface area contributed by atoms with Gasteiger partial charge in [0.05, 0.1) is 12.8 Å². The predicted molar refractivity (Wildman–Crippen MR) is 72.3 cm³/mol. The number of carboxylic acids is 1. The lowest BCUT2D eigenvalue weighted by Gasteiger charge is -2.34. The molecule has 1 aromatic rings. The number of hydrogen-bond donors (Lipinski definition) is 1. The summed E-state index contributed by atoms with van der Waals surface area (Å²) < 4.78 is 5.20. The van der Waals surface area contributed by atoms with Crippen molar-refractivity contribution in [3.8, 4) is 0 Å². The minimum absolute atomic E-state index is 0.256. The number of furan rings is 1. The van der Waals surface area contributed by atoms with E-state index in [9.17, 15) is 14.7 Å². The van der Waals surface area contributed by atoms with Crippen LogP contribution in [0.3, 0.4) is 0 Å². The van der Waals surface area contributed by atoms with E-state index in [1.807, 2.05) is 13.0 Å². The number of carbonyl (C=O) groups excluding carboxylic acids is 1. The zero-order valence-electron chi connectivity index (χ0n) is 12.0. The second kappa shape index (κ2) is 5.19. The molecule has 0 bridgehead atoms. The molecule has 110 valence electrons. The summed E-state index contributed by atoms with van der Waals surface area (Å²) in [5.41, 5.74) is -0.173. The maximum atomic E-state index is 12.5. The highest BCUT2D eigenvalue weighted by Crippen LogP contribution is 2.30. The molecule has 2 amide bonds. The molecule has 1 saturated heterocycles. The van der Waals surface area contributed by atoms with Gasteiger partial charge < -0.3 is 19.3 Å². The van der Waals surface area contributed by atoms with Gasteiger partial charge in [0.1, 0.15) is 11.3 Å². The van der Waals surface area contributed by atoms with Crippen molar-refractivity contribution >= 4 is 12.0 Å². The number of carbonyl (C=O) groups is 2. The molecule has 1 aromatic heterocycles. The zero-order valence-corrected chi connectivity index (χ0v) is 12.0. The summed E-state index contributed by atoms with van der Waals surface area (Å²) in [6.07, 6.45) is 2.79. The van der Waals surface area contributed by atoms with Crippen molar-refractivity contribution in [1.29, 1.82) is 0 Å². The average molecular weight is 280 g/mol. The van der Waals surface area contributed by atoms with E-state index in [1.54, 1.807) is 20.2 Å². The number of amides is 2. The second-order valence-corrected chi connectivity index (χ2v) is 5.47. The van der Waals surface area contributed by atoms with Crippen molar-refractivity contribution in [3.63, 3.8) is 0 Å². The standard InChI is InChI=1S/C14H20N2O4/c1-10-11(5-8-20-10)9-15(3)13(19)16-7-4-6-14(16,2)12(17)18/h5,8H,4,6-7,9H2,1-3H3,(H,17,18). The molecule has 1 atom stereocenters. The van der Waals surface area contributed by atoms with Gasteiger partial charge >= 0.3 is 12.0 Å². The predicted octanol–water partition coefficient (Wildman–Crippen LogP) is 2.08. The van der Waals surface area contributed by atoms with Crippen LogP contribution >= 0.6 is 0 Å². The molecule has 2 rings (SSSR count). The monoisotopic (exact) mass is 280 g/mol. The number of urea groups is 1. The molecule has 0 spiro atoms. The molecule has 0 aromatic carbocycles. The number of carboxylic acid groups (broad SMARTS) is 1. The van der Waals surface area contributed by atoms with Gasteiger partial charge in [-0.15, -0.1) is 0 Å². The summed E-state index contributed by atoms with van der Waals surface area (Å²) >= 11 is 0. The minimum Gasteiger partial charge on any atom is -0.480 e. The minimum atomic E-state index is -1.10. The van der Waals surface area contributed by atoms with Crippen molar-refractivity contribution in [2.24, 2.45) is 0 Å². The third kappa shape index (κ3) is 2.37. The SMILES string of the molecule is Cc1occc1CN(C)C(=O)N1CCCC1(C)C(=O)O. The van der Waals surface area contributed by atoms with Gasteiger partial charge in [-0.3, -0.25) is 0 Å². The van der Waals surface area contributed by atoms with Gasteiger partial charge in [-0.2, -0.15) is 0 Å². The van der Waals surface area contributed by atoms with Crippen LogP contribution in [0.5, 0.6) is 0 Å². The topological polar surface area (TPSA) is 74.0 Å². The first-order valence-corrected chi connectivity index (χ1v) is 6.65. The fourth-order valence-corrected chi connectivity index (χ4v) is 2.60. The van der Waals surface area contributed by atoms with Crippen molar-refractivity contribution < 1.29 is 19.1 Å². The summed E-state index contributed by atoms with van der Waals surface area (Å²) in [6.45, 7) is 4.34. The first-order chi connectivity index (χ1) is 9.36. The quantitative estimate of drug-likeness (QED) is 0.920. The molecule has 2 heterocycles. The second-order valence-electron chi connectivity index (χ2n) is 5.47. The summed E-state index contributed by atoms with van der Waals surface area (Å²) in [5.74, 6) is -0.177. The highest BCUT2D eigenvalue weighted by atomic mass is 16.4. The van der Waals surface area contributed by atoms with E-state index in [0.717, 1.165) is 11.3 Å². The number of likely N-dealkylation sites (tertiary alicyclic amines) is 1. The Morgan fingerprint density at radius 2 is 2.25 bits per heavy atom. The third-order valence-electron chi connectivity index (χ3n) is 4.03. The molecular formula is C14H20N2O4. The van der Waals surface area contributed by atoms with E-state index in [2.05, 4.69) is 0 Å². The summed E-state index contributed by atoms with van der Waals surface area (Å²) in [4.78, 5) is 26.8. The molecule has 1 fully saturated rings. The molecule has 0 radical (unpaired) electrons. The average Bonchev–Trinajstić information content (AvgIpc) is 2.96. The zero-order chi connectivity index (χ0) is 14.9. The van der Waals surface area contributed by atoms with Crippen LogP contribution in [0.25, 0.3) is 0 Å². The first kappa shape index (κ1) is 14.4. The van der Waals surface area contributed by atoms with Gasteiger partial charge in [-0.25, -0.2) is 9.59 Å². The summed E-state index contributed by atoms with van der Waals surface area (Å²) in [6, 6.07) is 1.56. The van der Waals surface area contributed by atoms with Gasteiger partial charge in [-0.05, 0) is 32.8 Å². The Hall–Kier alpha value is -1.98. The molecule has 6 heteroatoms. The van der Waals surface area contributed by atoms with Crippen LogP contribution in [0.1, 0.15) is 31.1 Å². The Labute approximate surface area is 118 Å². The van der Waals surface area contributed by atoms with Gasteiger partial charge in [0.25, 0.3) is 0 Å². The van der Waals surface area contributed by atoms with E-state index < -0.39 is 11.5 Å². The lowest BCUT2D eigenvalue weighted by Crippen LogP contribution is -2.54. The van der Waals surface area contributed by atoms with E-state index >= 15 is 0 Å². The van der Waals surface area contributed by atoms with Crippen molar-refractivity contribution in [2.75, 3.05) is 13.6 Å². The molecule has 1 N–H and O–H groups in total. The summed E-state index contributed by atoms with van der Waals surface area (Å²) in [7, 11) is 1.68. The molecule has 20 heavy (non-hydrogen) atoms. The lowest BCUT2D eigenvalue weighted by atomic mass is 10.00. The van der Waals surface area contributed by atoms with Crippen molar-refractivity contribution in [2.45, 2.75) is 38.8 Å². The number of hydrogen-bond acceptors (Lipinski definition) is 3. The smallest absolute Gasteiger partial charge is 0.329 e. The van der Waals surface area contributed by atoms with Crippen LogP contribution in [0.4, 0.5) is 4.79 Å². The highest BCUT2D eigenvalue weighted by Gasteiger charge is 2.46. The fourth-order valence-electron chi connectivity index (χ4n) is 2.60. The van der Waals surface area contributed by atoms with Crippen LogP contribution in [0, 0.1) is 6.92 Å². The molecule has 1 unspecified atom stereocenters. The van der Waals surface area contributed by atoms with E-state index in [-0.39, 0.29) is 6.03 Å². The Morgan fingerprint density at radius 1 is 1.55 bits per heavy atom. The van der Waals surface area contributed by atoms with Crippen LogP contribution in [0.2, 0.25) is 0 Å². The van der Waals surface area contributed by atoms with Gasteiger partial charge in [0.2, 0.25) is 0 Å². The fraction of sp³-hybridized carbons (Fsp3) is 0.571. The van der Waals surface area contributed by atoms with Gasteiger partial charge in [0.15, 0.2) is 0 Å².